The lowest BCUT2D eigenvalue weighted by molar-refractivity contribution is -0.148. The van der Waals surface area contributed by atoms with Crippen LogP contribution in [0.5, 0.6) is 0 Å². The fraction of sp³-hybridized carbons (Fsp3) is 0.600. The normalized spacial score (nSPS) is 12.2. The van der Waals surface area contributed by atoms with Crippen LogP contribution in [0.2, 0.25) is 0 Å². The van der Waals surface area contributed by atoms with E-state index in [4.69, 9.17) is 4.74 Å². The molecule has 1 heterocycles. The van der Waals surface area contributed by atoms with Gasteiger partial charge in [-0.25, -0.2) is 0 Å². The third kappa shape index (κ3) is 4.47. The highest BCUT2D eigenvalue weighted by atomic mass is 16.5. The molecule has 3 heteroatoms. The molecular formula is C15H23NO2. The van der Waals surface area contributed by atoms with Crippen molar-refractivity contribution in [1.82, 2.24) is 4.98 Å². The monoisotopic (exact) mass is 249 g/mol. The molecule has 0 aliphatic heterocycles. The molecule has 1 rings (SSSR count). The Hall–Kier alpha value is -1.38. The second-order valence-electron chi connectivity index (χ2n) is 4.45. The van der Waals surface area contributed by atoms with Crippen LogP contribution >= 0.6 is 0 Å². The van der Waals surface area contributed by atoms with Crippen molar-refractivity contribution >= 4 is 5.97 Å². The van der Waals surface area contributed by atoms with Crippen molar-refractivity contribution in [1.29, 1.82) is 0 Å². The van der Waals surface area contributed by atoms with Gasteiger partial charge in [0.2, 0.25) is 0 Å². The van der Waals surface area contributed by atoms with Crippen LogP contribution in [0.25, 0.3) is 0 Å². The highest BCUT2D eigenvalue weighted by molar-refractivity contribution is 5.72. The summed E-state index contributed by atoms with van der Waals surface area (Å²) in [5, 5.41) is 0. The van der Waals surface area contributed by atoms with E-state index in [0.717, 1.165) is 25.0 Å². The molecule has 1 aromatic rings. The third-order valence-electron chi connectivity index (χ3n) is 3.01. The molecule has 100 valence electrons. The van der Waals surface area contributed by atoms with Crippen LogP contribution in [0.3, 0.4) is 0 Å². The first-order chi connectivity index (χ1) is 8.71. The summed E-state index contributed by atoms with van der Waals surface area (Å²) < 4.78 is 5.11. The van der Waals surface area contributed by atoms with Crippen LogP contribution in [0, 0.1) is 5.92 Å². The van der Waals surface area contributed by atoms with E-state index in [1.165, 1.54) is 5.56 Å². The zero-order valence-corrected chi connectivity index (χ0v) is 11.6. The van der Waals surface area contributed by atoms with Crippen molar-refractivity contribution in [2.75, 3.05) is 6.61 Å². The molecule has 0 fully saturated rings. The smallest absolute Gasteiger partial charge is 0.309 e. The molecule has 18 heavy (non-hydrogen) atoms. The summed E-state index contributed by atoms with van der Waals surface area (Å²) in [6, 6.07) is 4.09. The van der Waals surface area contributed by atoms with Gasteiger partial charge in [0.25, 0.3) is 0 Å². The Bertz CT molecular complexity index is 359. The molecule has 0 aliphatic carbocycles. The van der Waals surface area contributed by atoms with Crippen LogP contribution in [0.1, 0.15) is 44.9 Å². The summed E-state index contributed by atoms with van der Waals surface area (Å²) in [4.78, 5) is 16.2. The summed E-state index contributed by atoms with van der Waals surface area (Å²) in [7, 11) is 0. The third-order valence-corrected chi connectivity index (χ3v) is 3.01. The largest absolute Gasteiger partial charge is 0.466 e. The first-order valence-electron chi connectivity index (χ1n) is 6.81. The Morgan fingerprint density at radius 1 is 1.33 bits per heavy atom. The van der Waals surface area contributed by atoms with Crippen molar-refractivity contribution < 1.29 is 9.53 Å². The predicted octanol–water partition coefficient (Wildman–Crippen LogP) is 3.17. The molecule has 0 saturated carbocycles. The van der Waals surface area contributed by atoms with Crippen LogP contribution in [0.4, 0.5) is 0 Å². The number of hydrogen-bond donors (Lipinski definition) is 0. The number of carbonyl (C=O) groups excluding carboxylic acids is 1. The van der Waals surface area contributed by atoms with Crippen LogP contribution in [-0.2, 0) is 22.4 Å². The Balaban J connectivity index is 2.66. The highest BCUT2D eigenvalue weighted by Gasteiger charge is 2.19. The summed E-state index contributed by atoms with van der Waals surface area (Å²) in [5.41, 5.74) is 2.20. The quantitative estimate of drug-likeness (QED) is 0.697. The van der Waals surface area contributed by atoms with Crippen molar-refractivity contribution in [2.45, 2.75) is 46.5 Å². The van der Waals surface area contributed by atoms with Gasteiger partial charge in [-0.3, -0.25) is 9.78 Å². The minimum absolute atomic E-state index is 0.0603. The molecule has 3 nitrogen and oxygen atoms in total. The average Bonchev–Trinajstić information content (AvgIpc) is 2.39. The number of rotatable bonds is 7. The molecule has 1 unspecified atom stereocenters. The lowest BCUT2D eigenvalue weighted by Gasteiger charge is -2.14. The molecular weight excluding hydrogens is 226 g/mol. The van der Waals surface area contributed by atoms with E-state index in [1.54, 1.807) is 0 Å². The molecule has 1 atom stereocenters. The van der Waals surface area contributed by atoms with E-state index in [2.05, 4.69) is 24.9 Å². The number of nitrogens with zero attached hydrogens (tertiary/aromatic N) is 1. The second-order valence-corrected chi connectivity index (χ2v) is 4.45. The number of esters is 1. The maximum Gasteiger partial charge on any atom is 0.309 e. The molecule has 0 aliphatic rings. The first-order valence-corrected chi connectivity index (χ1v) is 6.81. The zero-order chi connectivity index (χ0) is 13.4. The standard InChI is InChI=1S/C15H23NO2/c1-4-7-13(15(17)18-6-3)10-14-9-8-12(5-2)11-16-14/h8-9,11,13H,4-7,10H2,1-3H3. The van der Waals surface area contributed by atoms with E-state index >= 15 is 0 Å². The number of pyridine rings is 1. The molecule has 0 bridgehead atoms. The number of carbonyl (C=O) groups is 1. The summed E-state index contributed by atoms with van der Waals surface area (Å²) in [5.74, 6) is -0.157. The molecule has 0 aromatic carbocycles. The maximum absolute atomic E-state index is 11.8. The van der Waals surface area contributed by atoms with E-state index in [1.807, 2.05) is 19.2 Å². The zero-order valence-electron chi connectivity index (χ0n) is 11.6. The Morgan fingerprint density at radius 3 is 2.61 bits per heavy atom. The lowest BCUT2D eigenvalue weighted by atomic mass is 9.97. The van der Waals surface area contributed by atoms with Gasteiger partial charge in [-0.1, -0.05) is 26.3 Å². The van der Waals surface area contributed by atoms with Crippen LogP contribution in [-0.4, -0.2) is 17.6 Å². The van der Waals surface area contributed by atoms with Gasteiger partial charge in [-0.15, -0.1) is 0 Å². The summed E-state index contributed by atoms with van der Waals surface area (Å²) in [6.45, 7) is 6.48. The topological polar surface area (TPSA) is 39.2 Å². The second kappa shape index (κ2) is 7.85. The van der Waals surface area contributed by atoms with Crippen LogP contribution in [0.15, 0.2) is 18.3 Å². The number of ether oxygens (including phenoxy) is 1. The van der Waals surface area contributed by atoms with E-state index in [0.29, 0.717) is 13.0 Å². The van der Waals surface area contributed by atoms with Gasteiger partial charge in [0.15, 0.2) is 0 Å². The van der Waals surface area contributed by atoms with Crippen molar-refractivity contribution in [3.63, 3.8) is 0 Å². The average molecular weight is 249 g/mol. The Kier molecular flexibility index (Phi) is 6.40. The predicted molar refractivity (Wildman–Crippen MR) is 72.4 cm³/mol. The molecule has 0 saturated heterocycles. The SMILES string of the molecule is CCCC(Cc1ccc(CC)cn1)C(=O)OCC. The Labute approximate surface area is 110 Å². The van der Waals surface area contributed by atoms with Gasteiger partial charge in [0, 0.05) is 18.3 Å². The summed E-state index contributed by atoms with van der Waals surface area (Å²) in [6.07, 6.45) is 5.40. The van der Waals surface area contributed by atoms with E-state index in [9.17, 15) is 4.79 Å². The fourth-order valence-electron chi connectivity index (χ4n) is 1.95. The Morgan fingerprint density at radius 2 is 2.11 bits per heavy atom. The lowest BCUT2D eigenvalue weighted by Crippen LogP contribution is -2.20. The molecule has 0 radical (unpaired) electrons. The van der Waals surface area contributed by atoms with Crippen LogP contribution < -0.4 is 0 Å². The molecule has 1 aromatic heterocycles. The van der Waals surface area contributed by atoms with E-state index in [-0.39, 0.29) is 11.9 Å². The number of hydrogen-bond acceptors (Lipinski definition) is 3. The van der Waals surface area contributed by atoms with Crippen molar-refractivity contribution in [2.24, 2.45) is 5.92 Å². The van der Waals surface area contributed by atoms with Gasteiger partial charge in [-0.05, 0) is 31.4 Å². The molecule has 0 spiro atoms. The first kappa shape index (κ1) is 14.7. The van der Waals surface area contributed by atoms with Gasteiger partial charge >= 0.3 is 5.97 Å². The van der Waals surface area contributed by atoms with Gasteiger partial charge in [-0.2, -0.15) is 0 Å². The minimum Gasteiger partial charge on any atom is -0.466 e. The van der Waals surface area contributed by atoms with E-state index < -0.39 is 0 Å². The number of aryl methyl sites for hydroxylation is 1. The maximum atomic E-state index is 11.8. The van der Waals surface area contributed by atoms with Gasteiger partial charge in [0.1, 0.15) is 0 Å². The van der Waals surface area contributed by atoms with Crippen molar-refractivity contribution in [3.05, 3.63) is 29.6 Å². The van der Waals surface area contributed by atoms with Crippen molar-refractivity contribution in [3.8, 4) is 0 Å². The minimum atomic E-state index is -0.0966. The number of aromatic nitrogens is 1. The molecule has 0 N–H and O–H groups in total. The summed E-state index contributed by atoms with van der Waals surface area (Å²) >= 11 is 0. The van der Waals surface area contributed by atoms with Gasteiger partial charge in [0.05, 0.1) is 12.5 Å². The molecule has 0 amide bonds. The highest BCUT2D eigenvalue weighted by Crippen LogP contribution is 2.15. The fourth-order valence-corrected chi connectivity index (χ4v) is 1.95. The van der Waals surface area contributed by atoms with Gasteiger partial charge < -0.3 is 4.74 Å².